The summed E-state index contributed by atoms with van der Waals surface area (Å²) in [6.45, 7) is 4.67. The third-order valence-corrected chi connectivity index (χ3v) is 6.36. The number of nitrogens with one attached hydrogen (secondary N) is 3. The number of rotatable bonds is 15. The Hall–Kier alpha value is -3.63. The Morgan fingerprint density at radius 3 is 1.80 bits per heavy atom. The van der Waals surface area contributed by atoms with Crippen LogP contribution < -0.4 is 16.0 Å². The summed E-state index contributed by atoms with van der Waals surface area (Å²) in [6, 6.07) is 22.0. The number of aromatic nitrogens is 1. The topological polar surface area (TPSA) is 52.2 Å². The van der Waals surface area contributed by atoms with E-state index in [-0.39, 0.29) is 0 Å². The second kappa shape index (κ2) is 15.2. The first kappa shape index (κ1) is 29.4. The van der Waals surface area contributed by atoms with E-state index in [0.717, 1.165) is 35.5 Å². The Kier molecular flexibility index (Phi) is 11.2. The molecule has 40 heavy (non-hydrogen) atoms. The molecule has 0 saturated carbocycles. The lowest BCUT2D eigenvalue weighted by molar-refractivity contribution is 0.243. The van der Waals surface area contributed by atoms with Gasteiger partial charge in [-0.2, -0.15) is 0 Å². The minimum absolute atomic E-state index is 0.386. The van der Waals surface area contributed by atoms with E-state index in [4.69, 9.17) is 0 Å². The van der Waals surface area contributed by atoms with Crippen molar-refractivity contribution < 1.29 is 17.6 Å². The zero-order chi connectivity index (χ0) is 28.2. The zero-order valence-corrected chi connectivity index (χ0v) is 22.1. The fraction of sp³-hybridized carbons (Fsp3) is 0.258. The minimum atomic E-state index is -0.868. The van der Waals surface area contributed by atoms with Crippen LogP contribution in [0.1, 0.15) is 27.9 Å². The first-order valence-corrected chi connectivity index (χ1v) is 13.2. The van der Waals surface area contributed by atoms with Gasteiger partial charge in [-0.15, -0.1) is 0 Å². The summed E-state index contributed by atoms with van der Waals surface area (Å²) in [5.41, 5.74) is 4.59. The highest BCUT2D eigenvalue weighted by molar-refractivity contribution is 5.23. The van der Waals surface area contributed by atoms with Crippen molar-refractivity contribution in [2.24, 2.45) is 0 Å². The predicted octanol–water partition coefficient (Wildman–Crippen LogP) is 5.27. The number of benzene rings is 3. The van der Waals surface area contributed by atoms with Gasteiger partial charge in [0.15, 0.2) is 23.3 Å². The fourth-order valence-electron chi connectivity index (χ4n) is 4.20. The molecule has 0 bridgehead atoms. The van der Waals surface area contributed by atoms with Crippen molar-refractivity contribution >= 4 is 0 Å². The van der Waals surface area contributed by atoms with Crippen LogP contribution in [0.25, 0.3) is 0 Å². The second-order valence-electron chi connectivity index (χ2n) is 9.55. The van der Waals surface area contributed by atoms with E-state index >= 15 is 0 Å². The molecule has 9 heteroatoms. The summed E-state index contributed by atoms with van der Waals surface area (Å²) in [7, 11) is 0. The molecule has 0 spiro atoms. The Labute approximate surface area is 232 Å². The molecule has 0 radical (unpaired) electrons. The average molecular weight is 552 g/mol. The third kappa shape index (κ3) is 9.53. The molecule has 3 N–H and O–H groups in total. The quantitative estimate of drug-likeness (QED) is 0.107. The molecule has 1 heterocycles. The van der Waals surface area contributed by atoms with Gasteiger partial charge in [0.05, 0.1) is 5.69 Å². The lowest BCUT2D eigenvalue weighted by Crippen LogP contribution is -2.38. The van der Waals surface area contributed by atoms with E-state index in [9.17, 15) is 17.6 Å². The first-order valence-electron chi connectivity index (χ1n) is 13.2. The number of pyridine rings is 1. The Morgan fingerprint density at radius 1 is 0.575 bits per heavy atom. The summed E-state index contributed by atoms with van der Waals surface area (Å²) >= 11 is 0. The van der Waals surface area contributed by atoms with E-state index < -0.39 is 23.3 Å². The summed E-state index contributed by atoms with van der Waals surface area (Å²) in [6.07, 6.45) is 1.78. The molecule has 3 aromatic carbocycles. The van der Waals surface area contributed by atoms with E-state index in [1.807, 2.05) is 18.2 Å². The molecule has 0 amide bonds. The molecular weight excluding hydrogens is 518 g/mol. The maximum absolute atomic E-state index is 13.6. The molecule has 1 aromatic heterocycles. The zero-order valence-electron chi connectivity index (χ0n) is 22.1. The van der Waals surface area contributed by atoms with Gasteiger partial charge in [-0.05, 0) is 58.7 Å². The lowest BCUT2D eigenvalue weighted by atomic mass is 10.1. The van der Waals surface area contributed by atoms with Crippen LogP contribution in [0.5, 0.6) is 0 Å². The van der Waals surface area contributed by atoms with Crippen molar-refractivity contribution in [3.05, 3.63) is 136 Å². The van der Waals surface area contributed by atoms with Crippen molar-refractivity contribution in [1.29, 1.82) is 0 Å². The SMILES string of the molecule is Fc1ccc(CNCCN(CNCc2ccc(F)c(F)c2)Cc2ccc(CNCc3ccccn3)cc2)cc1F. The number of halogens is 4. The molecule has 0 fully saturated rings. The van der Waals surface area contributed by atoms with E-state index in [2.05, 4.69) is 50.1 Å². The van der Waals surface area contributed by atoms with Gasteiger partial charge in [-0.3, -0.25) is 9.88 Å². The highest BCUT2D eigenvalue weighted by Gasteiger charge is 2.09. The van der Waals surface area contributed by atoms with Crippen molar-refractivity contribution in [3.63, 3.8) is 0 Å². The summed E-state index contributed by atoms with van der Waals surface area (Å²) in [4.78, 5) is 6.50. The summed E-state index contributed by atoms with van der Waals surface area (Å²) in [5.74, 6) is -3.46. The maximum atomic E-state index is 13.6. The highest BCUT2D eigenvalue weighted by atomic mass is 19.2. The molecular formula is C31H33F4N5. The molecule has 0 aliphatic heterocycles. The van der Waals surface area contributed by atoms with Crippen LogP contribution in [0.2, 0.25) is 0 Å². The van der Waals surface area contributed by atoms with Crippen LogP contribution in [0.15, 0.2) is 85.1 Å². The minimum Gasteiger partial charge on any atom is -0.311 e. The Bertz CT molecular complexity index is 1340. The van der Waals surface area contributed by atoms with Gasteiger partial charge < -0.3 is 16.0 Å². The smallest absolute Gasteiger partial charge is 0.159 e. The van der Waals surface area contributed by atoms with Gasteiger partial charge in [0.1, 0.15) is 0 Å². The van der Waals surface area contributed by atoms with Gasteiger partial charge in [0.2, 0.25) is 0 Å². The van der Waals surface area contributed by atoms with Gasteiger partial charge in [-0.25, -0.2) is 17.6 Å². The van der Waals surface area contributed by atoms with Crippen molar-refractivity contribution in [2.75, 3.05) is 19.8 Å². The fourth-order valence-corrected chi connectivity index (χ4v) is 4.20. The number of nitrogens with zero attached hydrogens (tertiary/aromatic N) is 2. The molecule has 0 aliphatic rings. The molecule has 4 aromatic rings. The van der Waals surface area contributed by atoms with E-state index in [1.165, 1.54) is 12.1 Å². The molecule has 0 atom stereocenters. The normalized spacial score (nSPS) is 11.3. The predicted molar refractivity (Wildman–Crippen MR) is 148 cm³/mol. The van der Waals surface area contributed by atoms with Crippen molar-refractivity contribution in [2.45, 2.75) is 32.7 Å². The van der Waals surface area contributed by atoms with Crippen LogP contribution in [-0.4, -0.2) is 29.6 Å². The van der Waals surface area contributed by atoms with Crippen molar-refractivity contribution in [3.8, 4) is 0 Å². The molecule has 0 aliphatic carbocycles. The van der Waals surface area contributed by atoms with Gasteiger partial charge in [0, 0.05) is 58.7 Å². The largest absolute Gasteiger partial charge is 0.311 e. The standard InChI is InChI=1S/C31H33F4N5/c32-28-10-8-25(15-30(28)34)18-36-13-14-40(22-38-19-26-9-11-29(33)31(35)16-26)21-24-6-4-23(5-7-24)17-37-20-27-3-1-2-12-39-27/h1-12,15-16,36-38H,13-14,17-22H2. The number of hydrogen-bond donors (Lipinski definition) is 3. The van der Waals surface area contributed by atoms with Crippen LogP contribution in [-0.2, 0) is 32.7 Å². The summed E-state index contributed by atoms with van der Waals surface area (Å²) in [5, 5.41) is 9.96. The van der Waals surface area contributed by atoms with Crippen LogP contribution in [0, 0.1) is 23.3 Å². The van der Waals surface area contributed by atoms with E-state index in [0.29, 0.717) is 57.1 Å². The van der Waals surface area contributed by atoms with Gasteiger partial charge >= 0.3 is 0 Å². The average Bonchev–Trinajstić information content (AvgIpc) is 2.96. The van der Waals surface area contributed by atoms with Crippen LogP contribution in [0.4, 0.5) is 17.6 Å². The monoisotopic (exact) mass is 551 g/mol. The molecule has 5 nitrogen and oxygen atoms in total. The maximum Gasteiger partial charge on any atom is 0.159 e. The number of hydrogen-bond acceptors (Lipinski definition) is 5. The Morgan fingerprint density at radius 2 is 1.18 bits per heavy atom. The molecule has 0 saturated heterocycles. The lowest BCUT2D eigenvalue weighted by Gasteiger charge is -2.23. The first-order chi connectivity index (χ1) is 19.5. The highest BCUT2D eigenvalue weighted by Crippen LogP contribution is 2.11. The Balaban J connectivity index is 1.29. The van der Waals surface area contributed by atoms with Gasteiger partial charge in [-0.1, -0.05) is 42.5 Å². The molecule has 210 valence electrons. The van der Waals surface area contributed by atoms with Crippen LogP contribution in [0.3, 0.4) is 0 Å². The third-order valence-electron chi connectivity index (χ3n) is 6.36. The van der Waals surface area contributed by atoms with Crippen molar-refractivity contribution in [1.82, 2.24) is 25.8 Å². The molecule has 4 rings (SSSR count). The van der Waals surface area contributed by atoms with E-state index in [1.54, 1.807) is 18.3 Å². The van der Waals surface area contributed by atoms with Crippen LogP contribution >= 0.6 is 0 Å². The molecule has 0 unspecified atom stereocenters. The second-order valence-corrected chi connectivity index (χ2v) is 9.55. The van der Waals surface area contributed by atoms with Gasteiger partial charge in [0.25, 0.3) is 0 Å². The summed E-state index contributed by atoms with van der Waals surface area (Å²) < 4.78 is 53.5.